The Kier molecular flexibility index (Phi) is 6.32. The third-order valence-electron chi connectivity index (χ3n) is 2.81. The number of aliphatic carboxylic acids is 2. The molecule has 21 heavy (non-hydrogen) atoms. The number of rotatable bonds is 8. The largest absolute Gasteiger partial charge is 0.481 e. The summed E-state index contributed by atoms with van der Waals surface area (Å²) in [6, 6.07) is 5.36. The monoisotopic (exact) mass is 297 g/mol. The van der Waals surface area contributed by atoms with Gasteiger partial charge >= 0.3 is 11.9 Å². The molecule has 0 radical (unpaired) electrons. The van der Waals surface area contributed by atoms with Gasteiger partial charge in [-0.1, -0.05) is 12.1 Å². The smallest absolute Gasteiger partial charge is 0.305 e. The van der Waals surface area contributed by atoms with Crippen LogP contribution in [-0.2, 0) is 20.8 Å². The van der Waals surface area contributed by atoms with E-state index in [0.717, 1.165) is 0 Å². The molecule has 0 atom stereocenters. The first kappa shape index (κ1) is 16.6. The van der Waals surface area contributed by atoms with E-state index in [4.69, 9.17) is 10.2 Å². The number of amides is 1. The van der Waals surface area contributed by atoms with Crippen LogP contribution in [0.3, 0.4) is 0 Å². The van der Waals surface area contributed by atoms with Crippen LogP contribution in [0.5, 0.6) is 0 Å². The molecule has 1 rings (SSSR count). The van der Waals surface area contributed by atoms with Gasteiger partial charge in [-0.05, 0) is 17.7 Å². The fraction of sp³-hybridized carbons (Fsp3) is 0.357. The Labute approximate surface area is 120 Å². The van der Waals surface area contributed by atoms with Gasteiger partial charge < -0.3 is 15.1 Å². The standard InChI is InChI=1S/C14H16FNO5/c15-11-3-1-10(2-4-11)9-12(17)16(7-5-13(18)19)8-6-14(20)21/h1-4H,5-9H2,(H,18,19)(H,20,21). The summed E-state index contributed by atoms with van der Waals surface area (Å²) in [6.45, 7) is -0.106. The molecule has 114 valence electrons. The van der Waals surface area contributed by atoms with Gasteiger partial charge in [-0.25, -0.2) is 4.39 Å². The van der Waals surface area contributed by atoms with Gasteiger partial charge in [-0.2, -0.15) is 0 Å². The zero-order valence-electron chi connectivity index (χ0n) is 11.3. The molecular weight excluding hydrogens is 281 g/mol. The van der Waals surface area contributed by atoms with Crippen LogP contribution in [0.25, 0.3) is 0 Å². The molecule has 0 fully saturated rings. The van der Waals surface area contributed by atoms with Crippen LogP contribution in [0.15, 0.2) is 24.3 Å². The highest BCUT2D eigenvalue weighted by molar-refractivity contribution is 5.80. The highest BCUT2D eigenvalue weighted by atomic mass is 19.1. The number of carbonyl (C=O) groups excluding carboxylic acids is 1. The predicted octanol–water partition coefficient (Wildman–Crippen LogP) is 1.15. The maximum Gasteiger partial charge on any atom is 0.305 e. The number of carboxylic acid groups (broad SMARTS) is 2. The van der Waals surface area contributed by atoms with Crippen molar-refractivity contribution in [3.05, 3.63) is 35.6 Å². The van der Waals surface area contributed by atoms with Gasteiger partial charge in [0.25, 0.3) is 0 Å². The number of hydrogen-bond donors (Lipinski definition) is 2. The second kappa shape index (κ2) is 7.98. The molecule has 0 aliphatic carbocycles. The van der Waals surface area contributed by atoms with E-state index in [1.807, 2.05) is 0 Å². The second-order valence-electron chi connectivity index (χ2n) is 4.47. The quantitative estimate of drug-likeness (QED) is 0.750. The Bertz CT molecular complexity index is 497. The van der Waals surface area contributed by atoms with Gasteiger partial charge in [0.1, 0.15) is 5.82 Å². The van der Waals surface area contributed by atoms with E-state index in [-0.39, 0.29) is 38.3 Å². The van der Waals surface area contributed by atoms with Crippen LogP contribution in [-0.4, -0.2) is 46.0 Å². The van der Waals surface area contributed by atoms with Crippen molar-refractivity contribution in [2.24, 2.45) is 0 Å². The number of carbonyl (C=O) groups is 3. The van der Waals surface area contributed by atoms with E-state index in [1.165, 1.54) is 29.2 Å². The van der Waals surface area contributed by atoms with Crippen LogP contribution in [0.1, 0.15) is 18.4 Å². The molecule has 2 N–H and O–H groups in total. The van der Waals surface area contributed by atoms with Crippen molar-refractivity contribution < 1.29 is 29.0 Å². The minimum absolute atomic E-state index is 0.0283. The summed E-state index contributed by atoms with van der Waals surface area (Å²) in [5.74, 6) is -2.93. The minimum Gasteiger partial charge on any atom is -0.481 e. The second-order valence-corrected chi connectivity index (χ2v) is 4.47. The molecular formula is C14H16FNO5. The fourth-order valence-electron chi connectivity index (χ4n) is 1.71. The van der Waals surface area contributed by atoms with Crippen LogP contribution >= 0.6 is 0 Å². The lowest BCUT2D eigenvalue weighted by Gasteiger charge is -2.21. The van der Waals surface area contributed by atoms with Gasteiger partial charge in [-0.3, -0.25) is 14.4 Å². The zero-order chi connectivity index (χ0) is 15.8. The van der Waals surface area contributed by atoms with Crippen molar-refractivity contribution in [1.29, 1.82) is 0 Å². The lowest BCUT2D eigenvalue weighted by atomic mass is 10.1. The highest BCUT2D eigenvalue weighted by Gasteiger charge is 2.16. The minimum atomic E-state index is -1.06. The van der Waals surface area contributed by atoms with Gasteiger partial charge in [0.2, 0.25) is 5.91 Å². The lowest BCUT2D eigenvalue weighted by molar-refractivity contribution is -0.139. The number of benzene rings is 1. The summed E-state index contributed by atoms with van der Waals surface area (Å²) < 4.78 is 12.8. The van der Waals surface area contributed by atoms with Crippen molar-refractivity contribution >= 4 is 17.8 Å². The third kappa shape index (κ3) is 6.51. The molecule has 0 aliphatic rings. The Hall–Kier alpha value is -2.44. The molecule has 0 aromatic heterocycles. The molecule has 0 spiro atoms. The molecule has 0 saturated heterocycles. The van der Waals surface area contributed by atoms with Crippen LogP contribution in [0.4, 0.5) is 4.39 Å². The molecule has 6 nitrogen and oxygen atoms in total. The molecule has 1 aromatic carbocycles. The topological polar surface area (TPSA) is 94.9 Å². The van der Waals surface area contributed by atoms with Crippen molar-refractivity contribution in [3.63, 3.8) is 0 Å². The summed E-state index contributed by atoms with van der Waals surface area (Å²) >= 11 is 0. The van der Waals surface area contributed by atoms with Gasteiger partial charge in [0, 0.05) is 13.1 Å². The Balaban J connectivity index is 2.66. The maximum absolute atomic E-state index is 12.8. The third-order valence-corrected chi connectivity index (χ3v) is 2.81. The van der Waals surface area contributed by atoms with E-state index in [2.05, 4.69) is 0 Å². The van der Waals surface area contributed by atoms with Gasteiger partial charge in [0.05, 0.1) is 19.3 Å². The van der Waals surface area contributed by atoms with Gasteiger partial charge in [-0.15, -0.1) is 0 Å². The summed E-state index contributed by atoms with van der Waals surface area (Å²) in [5, 5.41) is 17.3. The Morgan fingerprint density at radius 2 is 1.43 bits per heavy atom. The molecule has 1 amide bonds. The van der Waals surface area contributed by atoms with Crippen molar-refractivity contribution in [2.75, 3.05) is 13.1 Å². The average molecular weight is 297 g/mol. The SMILES string of the molecule is O=C(O)CCN(CCC(=O)O)C(=O)Cc1ccc(F)cc1. The van der Waals surface area contributed by atoms with Crippen molar-refractivity contribution in [1.82, 2.24) is 4.90 Å². The summed E-state index contributed by atoms with van der Waals surface area (Å²) in [6.07, 6.45) is -0.539. The molecule has 0 heterocycles. The first-order valence-corrected chi connectivity index (χ1v) is 6.34. The van der Waals surface area contributed by atoms with Crippen LogP contribution in [0, 0.1) is 5.82 Å². The van der Waals surface area contributed by atoms with E-state index in [0.29, 0.717) is 5.56 Å². The number of halogens is 1. The first-order chi connectivity index (χ1) is 9.88. The molecule has 0 aliphatic heterocycles. The first-order valence-electron chi connectivity index (χ1n) is 6.34. The van der Waals surface area contributed by atoms with Crippen LogP contribution < -0.4 is 0 Å². The van der Waals surface area contributed by atoms with Crippen LogP contribution in [0.2, 0.25) is 0 Å². The zero-order valence-corrected chi connectivity index (χ0v) is 11.3. The molecule has 0 unspecified atom stereocenters. The van der Waals surface area contributed by atoms with E-state index in [1.54, 1.807) is 0 Å². The predicted molar refractivity (Wildman–Crippen MR) is 71.2 cm³/mol. The Morgan fingerprint density at radius 3 is 1.86 bits per heavy atom. The normalized spacial score (nSPS) is 10.1. The van der Waals surface area contributed by atoms with E-state index >= 15 is 0 Å². The molecule has 0 saturated carbocycles. The summed E-state index contributed by atoms with van der Waals surface area (Å²) in [4.78, 5) is 34.4. The Morgan fingerprint density at radius 1 is 0.952 bits per heavy atom. The number of hydrogen-bond acceptors (Lipinski definition) is 3. The number of nitrogens with zero attached hydrogens (tertiary/aromatic N) is 1. The van der Waals surface area contributed by atoms with Crippen molar-refractivity contribution in [2.45, 2.75) is 19.3 Å². The maximum atomic E-state index is 12.8. The number of carboxylic acids is 2. The average Bonchev–Trinajstić information content (AvgIpc) is 2.40. The molecule has 1 aromatic rings. The fourth-order valence-corrected chi connectivity index (χ4v) is 1.71. The lowest BCUT2D eigenvalue weighted by Crippen LogP contribution is -2.35. The van der Waals surface area contributed by atoms with E-state index in [9.17, 15) is 18.8 Å². The van der Waals surface area contributed by atoms with Crippen molar-refractivity contribution in [3.8, 4) is 0 Å². The highest BCUT2D eigenvalue weighted by Crippen LogP contribution is 2.07. The molecule has 0 bridgehead atoms. The summed E-state index contributed by atoms with van der Waals surface area (Å²) in [7, 11) is 0. The van der Waals surface area contributed by atoms with Gasteiger partial charge in [0.15, 0.2) is 0 Å². The van der Waals surface area contributed by atoms with E-state index < -0.39 is 17.8 Å². The summed E-state index contributed by atoms with van der Waals surface area (Å²) in [5.41, 5.74) is 0.581. The molecule has 7 heteroatoms.